The summed E-state index contributed by atoms with van der Waals surface area (Å²) in [7, 11) is 0. The Morgan fingerprint density at radius 3 is 2.38 bits per heavy atom. The highest BCUT2D eigenvalue weighted by molar-refractivity contribution is 8.18. The Bertz CT molecular complexity index is 925. The predicted molar refractivity (Wildman–Crippen MR) is 151 cm³/mol. The van der Waals surface area contributed by atoms with Crippen molar-refractivity contribution in [2.24, 2.45) is 5.92 Å². The van der Waals surface area contributed by atoms with E-state index in [4.69, 9.17) is 9.47 Å². The van der Waals surface area contributed by atoms with Crippen LogP contribution in [0, 0.1) is 5.92 Å². The summed E-state index contributed by atoms with van der Waals surface area (Å²) in [6.45, 7) is 13.2. The normalized spacial score (nSPS) is 21.1. The minimum atomic E-state index is -0.968. The van der Waals surface area contributed by atoms with Gasteiger partial charge in [0.2, 0.25) is 5.91 Å². The molecule has 1 spiro atoms. The zero-order valence-corrected chi connectivity index (χ0v) is 24.6. The number of thioether (sulfide) groups is 2. The molecule has 1 N–H and O–H groups in total. The van der Waals surface area contributed by atoms with Gasteiger partial charge in [-0.25, -0.2) is 4.79 Å². The fraction of sp³-hybridized carbons (Fsp3) is 0.679. The molecule has 3 atom stereocenters. The highest BCUT2D eigenvalue weighted by Crippen LogP contribution is 2.50. The molecular formula is C28H42N2O5S2. The van der Waals surface area contributed by atoms with Crippen LogP contribution in [0.4, 0.5) is 4.79 Å². The lowest BCUT2D eigenvalue weighted by atomic mass is 9.87. The van der Waals surface area contributed by atoms with Crippen LogP contribution in [-0.2, 0) is 31.1 Å². The van der Waals surface area contributed by atoms with E-state index in [2.05, 4.69) is 38.2 Å². The molecule has 1 aromatic carbocycles. The number of rotatable bonds is 9. The first-order chi connectivity index (χ1) is 17.4. The lowest BCUT2D eigenvalue weighted by molar-refractivity contribution is -0.140. The van der Waals surface area contributed by atoms with Gasteiger partial charge in [0.1, 0.15) is 12.3 Å². The highest BCUT2D eigenvalue weighted by atomic mass is 32.2. The number of nitrogens with one attached hydrogen (secondary N) is 1. The quantitative estimate of drug-likeness (QED) is 0.433. The van der Waals surface area contributed by atoms with Crippen molar-refractivity contribution in [1.29, 1.82) is 0 Å². The monoisotopic (exact) mass is 550 g/mol. The molecule has 0 radical (unpaired) electrons. The molecule has 3 rings (SSSR count). The maximum absolute atomic E-state index is 13.8. The third-order valence-corrected chi connectivity index (χ3v) is 10.0. The predicted octanol–water partition coefficient (Wildman–Crippen LogP) is 5.01. The van der Waals surface area contributed by atoms with Crippen molar-refractivity contribution in [3.8, 4) is 0 Å². The van der Waals surface area contributed by atoms with Crippen molar-refractivity contribution in [3.63, 3.8) is 0 Å². The van der Waals surface area contributed by atoms with Crippen molar-refractivity contribution < 1.29 is 23.9 Å². The number of alkyl carbamates (subject to hydrolysis) is 1. The minimum Gasteiger partial charge on any atom is -0.449 e. The van der Waals surface area contributed by atoms with Crippen molar-refractivity contribution in [2.45, 2.75) is 88.7 Å². The number of hydrogen-bond acceptors (Lipinski definition) is 7. The van der Waals surface area contributed by atoms with Gasteiger partial charge in [-0.15, -0.1) is 23.5 Å². The van der Waals surface area contributed by atoms with E-state index in [0.717, 1.165) is 29.8 Å². The second-order valence-electron chi connectivity index (χ2n) is 11.4. The molecule has 0 bridgehead atoms. The first-order valence-corrected chi connectivity index (χ1v) is 15.1. The van der Waals surface area contributed by atoms with E-state index in [-0.39, 0.29) is 27.9 Å². The van der Waals surface area contributed by atoms with E-state index < -0.39 is 24.3 Å². The van der Waals surface area contributed by atoms with Crippen LogP contribution in [0.25, 0.3) is 0 Å². The van der Waals surface area contributed by atoms with Gasteiger partial charge in [-0.3, -0.25) is 4.79 Å². The van der Waals surface area contributed by atoms with Crippen LogP contribution in [-0.4, -0.2) is 70.1 Å². The average Bonchev–Trinajstić information content (AvgIpc) is 3.22. The third kappa shape index (κ3) is 8.14. The van der Waals surface area contributed by atoms with Gasteiger partial charge < -0.3 is 24.5 Å². The Morgan fingerprint density at radius 1 is 1.16 bits per heavy atom. The molecule has 0 saturated carbocycles. The van der Waals surface area contributed by atoms with Gasteiger partial charge in [-0.2, -0.15) is 0 Å². The van der Waals surface area contributed by atoms with E-state index in [1.165, 1.54) is 5.56 Å². The molecule has 2 aliphatic heterocycles. The van der Waals surface area contributed by atoms with Crippen LogP contribution < -0.4 is 5.32 Å². The van der Waals surface area contributed by atoms with E-state index in [0.29, 0.717) is 19.6 Å². The van der Waals surface area contributed by atoms with E-state index >= 15 is 0 Å². The molecule has 2 heterocycles. The summed E-state index contributed by atoms with van der Waals surface area (Å²) in [5, 5.41) is 2.74. The molecule has 206 valence electrons. The van der Waals surface area contributed by atoms with Crippen LogP contribution >= 0.6 is 23.5 Å². The second kappa shape index (κ2) is 12.9. The molecule has 0 aliphatic carbocycles. The Labute approximate surface area is 230 Å². The summed E-state index contributed by atoms with van der Waals surface area (Å²) in [4.78, 5) is 40.0. The van der Waals surface area contributed by atoms with Crippen LogP contribution in [0.3, 0.4) is 0 Å². The lowest BCUT2D eigenvalue weighted by Gasteiger charge is -2.33. The number of likely N-dealkylation sites (tertiary alicyclic amines) is 1. The second-order valence-corrected chi connectivity index (χ2v) is 14.6. The first kappa shape index (κ1) is 29.8. The van der Waals surface area contributed by atoms with Gasteiger partial charge in [0, 0.05) is 13.0 Å². The topological polar surface area (TPSA) is 84.9 Å². The molecule has 37 heavy (non-hydrogen) atoms. The maximum Gasteiger partial charge on any atom is 0.407 e. The Kier molecular flexibility index (Phi) is 10.4. The number of carbonyl (C=O) groups is 3. The molecular weight excluding hydrogens is 508 g/mol. The van der Waals surface area contributed by atoms with Crippen molar-refractivity contribution in [2.75, 3.05) is 24.7 Å². The third-order valence-electron chi connectivity index (χ3n) is 6.68. The van der Waals surface area contributed by atoms with Crippen molar-refractivity contribution in [1.82, 2.24) is 10.2 Å². The van der Waals surface area contributed by atoms with Crippen LogP contribution in [0.15, 0.2) is 24.3 Å². The van der Waals surface area contributed by atoms with E-state index in [1.54, 1.807) is 11.8 Å². The number of ether oxygens (including phenoxy) is 2. The van der Waals surface area contributed by atoms with Gasteiger partial charge in [0.25, 0.3) is 0 Å². The maximum atomic E-state index is 13.8. The summed E-state index contributed by atoms with van der Waals surface area (Å²) in [6.07, 6.45) is 1.33. The summed E-state index contributed by atoms with van der Waals surface area (Å²) >= 11 is 3.67. The fourth-order valence-corrected chi connectivity index (χ4v) is 7.83. The number of hydrogen-bond donors (Lipinski definition) is 1. The molecule has 2 aliphatic rings. The number of aldehydes is 1. The Morgan fingerprint density at radius 2 is 1.81 bits per heavy atom. The van der Waals surface area contributed by atoms with Crippen LogP contribution in [0.2, 0.25) is 0 Å². The molecule has 2 saturated heterocycles. The zero-order valence-electron chi connectivity index (χ0n) is 23.0. The van der Waals surface area contributed by atoms with Crippen molar-refractivity contribution in [3.05, 3.63) is 35.4 Å². The number of benzene rings is 1. The fourth-order valence-electron chi connectivity index (χ4n) is 4.45. The zero-order chi connectivity index (χ0) is 27.2. The number of amides is 2. The molecule has 2 amide bonds. The Hall–Kier alpha value is -1.71. The van der Waals surface area contributed by atoms with Gasteiger partial charge >= 0.3 is 6.09 Å². The molecule has 9 heteroatoms. The van der Waals surface area contributed by atoms with Crippen molar-refractivity contribution >= 4 is 41.8 Å². The highest BCUT2D eigenvalue weighted by Gasteiger charge is 2.49. The molecule has 7 nitrogen and oxygen atoms in total. The van der Waals surface area contributed by atoms with Gasteiger partial charge in [0.05, 0.1) is 29.4 Å². The molecule has 1 unspecified atom stereocenters. The summed E-state index contributed by atoms with van der Waals surface area (Å²) in [6, 6.07) is 6.75. The SMILES string of the molecule is CC(C)COC(=O)N[C@H](C(=O)N1CC2(C[C@H]1C=O)SCCCS2)C(C)OCc1ccc(C(C)(C)C)cc1. The first-order valence-electron chi connectivity index (χ1n) is 13.1. The van der Waals surface area contributed by atoms with Crippen LogP contribution in [0.5, 0.6) is 0 Å². The molecule has 1 aromatic rings. The Balaban J connectivity index is 1.73. The average molecular weight is 551 g/mol. The van der Waals surface area contributed by atoms with Gasteiger partial charge in [0.15, 0.2) is 0 Å². The number of carbonyl (C=O) groups excluding carboxylic acids is 3. The number of nitrogens with zero attached hydrogens (tertiary/aromatic N) is 1. The van der Waals surface area contributed by atoms with Crippen LogP contribution in [0.1, 0.15) is 65.5 Å². The van der Waals surface area contributed by atoms with Gasteiger partial charge in [-0.1, -0.05) is 58.9 Å². The summed E-state index contributed by atoms with van der Waals surface area (Å²) in [5.74, 6) is 1.91. The van der Waals surface area contributed by atoms with Gasteiger partial charge in [-0.05, 0) is 47.3 Å². The minimum absolute atomic E-state index is 0.0571. The molecule has 2 fully saturated rings. The lowest BCUT2D eigenvalue weighted by Crippen LogP contribution is -2.56. The largest absolute Gasteiger partial charge is 0.449 e. The summed E-state index contributed by atoms with van der Waals surface area (Å²) in [5.41, 5.74) is 2.27. The smallest absolute Gasteiger partial charge is 0.407 e. The molecule has 0 aromatic heterocycles. The van der Waals surface area contributed by atoms with E-state index in [9.17, 15) is 14.4 Å². The summed E-state index contributed by atoms with van der Waals surface area (Å²) < 4.78 is 11.3. The standard InChI is InChI=1S/C28H42N2O5S2/c1-19(2)16-35-26(33)29-24(20(3)34-17-21-8-10-22(11-9-21)27(4,5)6)25(32)30-18-28(14-23(30)15-31)36-12-7-13-37-28/h8-11,15,19-20,23-24H,7,12-14,16-18H2,1-6H3,(H,29,33)/t20?,23-,24-/m0/s1. The van der Waals surface area contributed by atoms with E-state index in [1.807, 2.05) is 49.5 Å².